The zero-order chi connectivity index (χ0) is 12.0. The predicted octanol–water partition coefficient (Wildman–Crippen LogP) is 3.99. The molecule has 0 saturated carbocycles. The van der Waals surface area contributed by atoms with Crippen LogP contribution < -0.4 is 5.32 Å². The number of halogens is 4. The van der Waals surface area contributed by atoms with E-state index in [4.69, 9.17) is 0 Å². The fourth-order valence-corrected chi connectivity index (χ4v) is 1.56. The molecule has 1 aromatic heterocycles. The van der Waals surface area contributed by atoms with Gasteiger partial charge in [-0.25, -0.2) is 0 Å². The Morgan fingerprint density at radius 1 is 1.25 bits per heavy atom. The largest absolute Gasteiger partial charge is 0.389 e. The third-order valence-corrected chi connectivity index (χ3v) is 2.35. The number of nitrogens with one attached hydrogen (secondary N) is 1. The molecule has 0 saturated heterocycles. The monoisotopic (exact) mass is 296 g/mol. The first-order valence-electron chi connectivity index (χ1n) is 4.88. The van der Waals surface area contributed by atoms with Gasteiger partial charge in [0.1, 0.15) is 0 Å². The second-order valence-electron chi connectivity index (χ2n) is 3.39. The van der Waals surface area contributed by atoms with Gasteiger partial charge in [-0.3, -0.25) is 4.98 Å². The van der Waals surface area contributed by atoms with E-state index in [1.54, 1.807) is 12.4 Å². The molecule has 0 radical (unpaired) electrons. The van der Waals surface area contributed by atoms with E-state index in [1.165, 1.54) is 0 Å². The van der Waals surface area contributed by atoms with Crippen LogP contribution in [0.5, 0.6) is 0 Å². The molecule has 0 aliphatic rings. The van der Waals surface area contributed by atoms with Crippen molar-refractivity contribution in [2.75, 3.05) is 11.9 Å². The minimum absolute atomic E-state index is 0.151. The Morgan fingerprint density at radius 3 is 2.62 bits per heavy atom. The van der Waals surface area contributed by atoms with Gasteiger partial charge in [-0.1, -0.05) is 0 Å². The van der Waals surface area contributed by atoms with Crippen LogP contribution in [-0.4, -0.2) is 17.7 Å². The standard InChI is InChI=1S/C10H12BrF3N2/c11-8-5-9(7-15-6-8)16-4-2-1-3-10(12,13)14/h5-7,16H,1-4H2. The summed E-state index contributed by atoms with van der Waals surface area (Å²) in [5, 5.41) is 3.01. The summed E-state index contributed by atoms with van der Waals surface area (Å²) in [4.78, 5) is 3.93. The zero-order valence-corrected chi connectivity index (χ0v) is 10.1. The average Bonchev–Trinajstić information content (AvgIpc) is 2.15. The maximum Gasteiger partial charge on any atom is 0.389 e. The van der Waals surface area contributed by atoms with E-state index >= 15 is 0 Å². The zero-order valence-electron chi connectivity index (χ0n) is 8.52. The molecular formula is C10H12BrF3N2. The van der Waals surface area contributed by atoms with Crippen molar-refractivity contribution in [1.82, 2.24) is 4.98 Å². The van der Waals surface area contributed by atoms with Gasteiger partial charge in [0, 0.05) is 23.6 Å². The topological polar surface area (TPSA) is 24.9 Å². The van der Waals surface area contributed by atoms with Crippen LogP contribution >= 0.6 is 15.9 Å². The molecule has 2 nitrogen and oxygen atoms in total. The fraction of sp³-hybridized carbons (Fsp3) is 0.500. The lowest BCUT2D eigenvalue weighted by atomic mass is 10.2. The molecule has 90 valence electrons. The molecule has 1 rings (SSSR count). The number of anilines is 1. The number of hydrogen-bond acceptors (Lipinski definition) is 2. The van der Waals surface area contributed by atoms with Gasteiger partial charge < -0.3 is 5.32 Å². The van der Waals surface area contributed by atoms with Gasteiger partial charge in [-0.2, -0.15) is 13.2 Å². The second kappa shape index (κ2) is 6.08. The summed E-state index contributed by atoms with van der Waals surface area (Å²) in [7, 11) is 0. The number of alkyl halides is 3. The molecule has 6 heteroatoms. The number of nitrogens with zero attached hydrogens (tertiary/aromatic N) is 1. The summed E-state index contributed by atoms with van der Waals surface area (Å²) >= 11 is 3.26. The Morgan fingerprint density at radius 2 is 2.00 bits per heavy atom. The van der Waals surface area contributed by atoms with Gasteiger partial charge >= 0.3 is 6.18 Å². The maximum atomic E-state index is 11.8. The number of hydrogen-bond donors (Lipinski definition) is 1. The van der Waals surface area contributed by atoms with Gasteiger partial charge in [-0.05, 0) is 34.8 Å². The molecule has 1 heterocycles. The van der Waals surface area contributed by atoms with Gasteiger partial charge in [0.25, 0.3) is 0 Å². The van der Waals surface area contributed by atoms with Crippen LogP contribution in [0.15, 0.2) is 22.9 Å². The van der Waals surface area contributed by atoms with Gasteiger partial charge in [-0.15, -0.1) is 0 Å². The number of pyridine rings is 1. The van der Waals surface area contributed by atoms with E-state index in [1.807, 2.05) is 6.07 Å². The Kier molecular flexibility index (Phi) is 5.05. The summed E-state index contributed by atoms with van der Waals surface area (Å²) in [6.07, 6.45) is -0.837. The maximum absolute atomic E-state index is 11.8. The Bertz CT molecular complexity index is 328. The quantitative estimate of drug-likeness (QED) is 0.831. The molecule has 0 aliphatic carbocycles. The van der Waals surface area contributed by atoms with Gasteiger partial charge in [0.15, 0.2) is 0 Å². The Labute approximate surface area is 100 Å². The molecule has 0 atom stereocenters. The highest BCUT2D eigenvalue weighted by atomic mass is 79.9. The fourth-order valence-electron chi connectivity index (χ4n) is 1.19. The van der Waals surface area contributed by atoms with Crippen molar-refractivity contribution in [3.8, 4) is 0 Å². The lowest BCUT2D eigenvalue weighted by Gasteiger charge is -2.07. The molecule has 0 aromatic carbocycles. The smallest absolute Gasteiger partial charge is 0.384 e. The van der Waals surface area contributed by atoms with Crippen molar-refractivity contribution in [2.24, 2.45) is 0 Å². The van der Waals surface area contributed by atoms with E-state index in [0.29, 0.717) is 13.0 Å². The predicted molar refractivity (Wildman–Crippen MR) is 60.3 cm³/mol. The van der Waals surface area contributed by atoms with E-state index in [-0.39, 0.29) is 6.42 Å². The van der Waals surface area contributed by atoms with Crippen molar-refractivity contribution >= 4 is 21.6 Å². The normalized spacial score (nSPS) is 11.5. The van der Waals surface area contributed by atoms with Crippen LogP contribution in [0.3, 0.4) is 0 Å². The summed E-state index contributed by atoms with van der Waals surface area (Å²) in [6, 6.07) is 1.83. The van der Waals surface area contributed by atoms with Crippen LogP contribution in [0, 0.1) is 0 Å². The van der Waals surface area contributed by atoms with Crippen LogP contribution in [0.4, 0.5) is 18.9 Å². The van der Waals surface area contributed by atoms with Gasteiger partial charge in [0.05, 0.1) is 11.9 Å². The molecular weight excluding hydrogens is 285 g/mol. The van der Waals surface area contributed by atoms with Crippen LogP contribution in [0.1, 0.15) is 19.3 Å². The number of rotatable bonds is 5. The third-order valence-electron chi connectivity index (χ3n) is 1.92. The van der Waals surface area contributed by atoms with Gasteiger partial charge in [0.2, 0.25) is 0 Å². The molecule has 0 fully saturated rings. The number of unbranched alkanes of at least 4 members (excludes halogenated alkanes) is 1. The Hall–Kier alpha value is -0.780. The molecule has 0 amide bonds. The lowest BCUT2D eigenvalue weighted by molar-refractivity contribution is -0.135. The molecule has 1 N–H and O–H groups in total. The first-order valence-corrected chi connectivity index (χ1v) is 5.68. The molecule has 0 spiro atoms. The third kappa shape index (κ3) is 5.95. The first kappa shape index (κ1) is 13.3. The van der Waals surface area contributed by atoms with E-state index in [2.05, 4.69) is 26.2 Å². The van der Waals surface area contributed by atoms with E-state index in [9.17, 15) is 13.2 Å². The highest BCUT2D eigenvalue weighted by molar-refractivity contribution is 9.10. The molecule has 1 aromatic rings. The van der Waals surface area contributed by atoms with Crippen LogP contribution in [0.2, 0.25) is 0 Å². The van der Waals surface area contributed by atoms with E-state index in [0.717, 1.165) is 10.2 Å². The van der Waals surface area contributed by atoms with Crippen molar-refractivity contribution in [1.29, 1.82) is 0 Å². The molecule has 0 unspecified atom stereocenters. The second-order valence-corrected chi connectivity index (χ2v) is 4.31. The summed E-state index contributed by atoms with van der Waals surface area (Å²) in [6.45, 7) is 0.522. The average molecular weight is 297 g/mol. The molecule has 16 heavy (non-hydrogen) atoms. The Balaban J connectivity index is 2.17. The SMILES string of the molecule is FC(F)(F)CCCCNc1cncc(Br)c1. The van der Waals surface area contributed by atoms with Crippen LogP contribution in [-0.2, 0) is 0 Å². The summed E-state index contributed by atoms with van der Waals surface area (Å²) in [5.74, 6) is 0. The van der Waals surface area contributed by atoms with Crippen molar-refractivity contribution in [3.05, 3.63) is 22.9 Å². The summed E-state index contributed by atoms with van der Waals surface area (Å²) < 4.78 is 36.3. The number of aromatic nitrogens is 1. The van der Waals surface area contributed by atoms with E-state index < -0.39 is 12.6 Å². The highest BCUT2D eigenvalue weighted by Crippen LogP contribution is 2.22. The minimum atomic E-state index is -4.04. The first-order chi connectivity index (χ1) is 7.47. The van der Waals surface area contributed by atoms with Crippen molar-refractivity contribution in [3.63, 3.8) is 0 Å². The molecule has 0 aliphatic heterocycles. The van der Waals surface area contributed by atoms with Crippen molar-refractivity contribution < 1.29 is 13.2 Å². The molecule has 0 bridgehead atoms. The summed E-state index contributed by atoms with van der Waals surface area (Å²) in [5.41, 5.74) is 0.807. The minimum Gasteiger partial charge on any atom is -0.384 e. The van der Waals surface area contributed by atoms with Crippen molar-refractivity contribution in [2.45, 2.75) is 25.4 Å². The van der Waals surface area contributed by atoms with Crippen LogP contribution in [0.25, 0.3) is 0 Å². The lowest BCUT2D eigenvalue weighted by Crippen LogP contribution is -2.08. The highest BCUT2D eigenvalue weighted by Gasteiger charge is 2.25.